The first-order valence-electron chi connectivity index (χ1n) is 8.83. The molecule has 24 heavy (non-hydrogen) atoms. The summed E-state index contributed by atoms with van der Waals surface area (Å²) in [6.07, 6.45) is 6.12. The Hall–Kier alpha value is -1.20. The summed E-state index contributed by atoms with van der Waals surface area (Å²) in [6, 6.07) is 3.68. The van der Waals surface area contributed by atoms with E-state index >= 15 is 0 Å². The van der Waals surface area contributed by atoms with E-state index in [-0.39, 0.29) is 23.8 Å². The average molecular weight is 348 g/mol. The molecule has 0 amide bonds. The number of rotatable bonds is 5. The van der Waals surface area contributed by atoms with E-state index in [4.69, 9.17) is 4.74 Å². The van der Waals surface area contributed by atoms with Crippen LogP contribution in [0, 0.1) is 24.2 Å². The van der Waals surface area contributed by atoms with Gasteiger partial charge in [-0.15, -0.1) is 11.3 Å². The van der Waals surface area contributed by atoms with Crippen LogP contribution in [0.2, 0.25) is 0 Å². The quantitative estimate of drug-likeness (QED) is 0.653. The van der Waals surface area contributed by atoms with Gasteiger partial charge in [-0.05, 0) is 74.8 Å². The van der Waals surface area contributed by atoms with Gasteiger partial charge in [-0.3, -0.25) is 9.59 Å². The van der Waals surface area contributed by atoms with Gasteiger partial charge in [0.25, 0.3) is 0 Å². The maximum atomic E-state index is 12.3. The predicted molar refractivity (Wildman–Crippen MR) is 91.0 cm³/mol. The lowest BCUT2D eigenvalue weighted by Gasteiger charge is -2.60. The number of carbonyl (C=O) groups excluding carboxylic acids is 2. The van der Waals surface area contributed by atoms with Gasteiger partial charge in [-0.1, -0.05) is 0 Å². The Kier molecular flexibility index (Phi) is 3.84. The molecule has 2 unspecified atom stereocenters. The van der Waals surface area contributed by atoms with Crippen molar-refractivity contribution in [3.63, 3.8) is 0 Å². The normalized spacial score (nSPS) is 36.8. The molecular weight excluding hydrogens is 324 g/mol. The lowest BCUT2D eigenvalue weighted by Crippen LogP contribution is -2.56. The number of ether oxygens (including phenoxy) is 1. The van der Waals surface area contributed by atoms with Crippen LogP contribution in [0.1, 0.15) is 59.5 Å². The predicted octanol–water partition coefficient (Wildman–Crippen LogP) is 3.50. The number of aliphatic hydroxyl groups is 1. The molecule has 4 nitrogen and oxygen atoms in total. The van der Waals surface area contributed by atoms with Gasteiger partial charge in [0.15, 0.2) is 6.61 Å². The van der Waals surface area contributed by atoms with Crippen molar-refractivity contribution in [2.75, 3.05) is 6.61 Å². The van der Waals surface area contributed by atoms with Crippen LogP contribution >= 0.6 is 11.3 Å². The van der Waals surface area contributed by atoms with Crippen LogP contribution in [-0.4, -0.2) is 29.1 Å². The highest BCUT2D eigenvalue weighted by Gasteiger charge is 2.57. The van der Waals surface area contributed by atoms with E-state index in [2.05, 4.69) is 0 Å². The number of thiophene rings is 1. The molecule has 4 aliphatic rings. The second-order valence-electron chi connectivity index (χ2n) is 8.36. The van der Waals surface area contributed by atoms with Gasteiger partial charge < -0.3 is 9.84 Å². The molecule has 4 aliphatic carbocycles. The number of Topliss-reactive ketones (excluding diaryl/α,β-unsaturated/α-hetero) is 1. The Bertz CT molecular complexity index is 663. The van der Waals surface area contributed by atoms with Crippen LogP contribution in [0.4, 0.5) is 0 Å². The second-order valence-corrected chi connectivity index (χ2v) is 9.64. The molecule has 0 saturated heterocycles. The fraction of sp³-hybridized carbons (Fsp3) is 0.684. The first kappa shape index (κ1) is 16.3. The number of carbonyl (C=O) groups is 2. The maximum Gasteiger partial charge on any atom is 0.306 e. The third-order valence-corrected chi connectivity index (χ3v) is 7.09. The molecule has 0 aliphatic heterocycles. The van der Waals surface area contributed by atoms with Crippen LogP contribution in [0.5, 0.6) is 0 Å². The van der Waals surface area contributed by atoms with Crippen molar-refractivity contribution in [2.24, 2.45) is 17.3 Å². The molecule has 130 valence electrons. The van der Waals surface area contributed by atoms with E-state index in [0.717, 1.165) is 37.0 Å². The van der Waals surface area contributed by atoms with E-state index in [9.17, 15) is 14.7 Å². The van der Waals surface area contributed by atoms with E-state index in [0.29, 0.717) is 23.1 Å². The zero-order valence-corrected chi connectivity index (χ0v) is 14.9. The zero-order valence-electron chi connectivity index (χ0n) is 14.0. The Morgan fingerprint density at radius 3 is 2.54 bits per heavy atom. The van der Waals surface area contributed by atoms with E-state index in [1.165, 1.54) is 17.8 Å². The summed E-state index contributed by atoms with van der Waals surface area (Å²) in [5, 5.41) is 10.7. The molecule has 0 aromatic carbocycles. The van der Waals surface area contributed by atoms with Gasteiger partial charge >= 0.3 is 5.97 Å². The van der Waals surface area contributed by atoms with Crippen molar-refractivity contribution in [1.29, 1.82) is 0 Å². The molecule has 5 heteroatoms. The molecule has 1 aromatic rings. The summed E-state index contributed by atoms with van der Waals surface area (Å²) >= 11 is 1.43. The fourth-order valence-corrected chi connectivity index (χ4v) is 6.56. The minimum atomic E-state index is -0.561. The summed E-state index contributed by atoms with van der Waals surface area (Å²) in [5.74, 6) is 0.687. The number of ketones is 1. The molecule has 0 radical (unpaired) electrons. The van der Waals surface area contributed by atoms with Crippen molar-refractivity contribution >= 4 is 23.1 Å². The van der Waals surface area contributed by atoms with Crippen LogP contribution in [0.3, 0.4) is 0 Å². The smallest absolute Gasteiger partial charge is 0.306 e. The fourth-order valence-electron chi connectivity index (χ4n) is 5.77. The number of hydrogen-bond acceptors (Lipinski definition) is 5. The first-order valence-corrected chi connectivity index (χ1v) is 9.64. The zero-order chi connectivity index (χ0) is 16.9. The molecule has 0 spiro atoms. The van der Waals surface area contributed by atoms with Crippen molar-refractivity contribution in [3.8, 4) is 0 Å². The first-order chi connectivity index (χ1) is 11.3. The lowest BCUT2D eigenvalue weighted by molar-refractivity contribution is -0.176. The molecular formula is C19H24O4S. The summed E-state index contributed by atoms with van der Waals surface area (Å²) in [6.45, 7) is 1.78. The summed E-state index contributed by atoms with van der Waals surface area (Å²) < 4.78 is 5.28. The minimum Gasteiger partial charge on any atom is -0.457 e. The molecule has 1 aromatic heterocycles. The van der Waals surface area contributed by atoms with Gasteiger partial charge in [0, 0.05) is 4.88 Å². The highest BCUT2D eigenvalue weighted by molar-refractivity contribution is 7.14. The number of hydrogen-bond donors (Lipinski definition) is 1. The Morgan fingerprint density at radius 2 is 1.96 bits per heavy atom. The van der Waals surface area contributed by atoms with Gasteiger partial charge in [-0.25, -0.2) is 0 Å². The Morgan fingerprint density at radius 1 is 1.25 bits per heavy atom. The van der Waals surface area contributed by atoms with Crippen LogP contribution in [0.25, 0.3) is 0 Å². The van der Waals surface area contributed by atoms with E-state index in [1.54, 1.807) is 6.07 Å². The second kappa shape index (κ2) is 5.67. The van der Waals surface area contributed by atoms with E-state index < -0.39 is 5.60 Å². The van der Waals surface area contributed by atoms with Gasteiger partial charge in [0.2, 0.25) is 5.78 Å². The highest BCUT2D eigenvalue weighted by Crippen LogP contribution is 2.62. The topological polar surface area (TPSA) is 63.6 Å². The summed E-state index contributed by atoms with van der Waals surface area (Å²) in [7, 11) is 0. The Labute approximate surface area is 146 Å². The lowest BCUT2D eigenvalue weighted by atomic mass is 9.47. The highest BCUT2D eigenvalue weighted by atomic mass is 32.1. The van der Waals surface area contributed by atoms with Gasteiger partial charge in [0.1, 0.15) is 0 Å². The molecule has 2 atom stereocenters. The van der Waals surface area contributed by atoms with Crippen molar-refractivity contribution < 1.29 is 19.4 Å². The van der Waals surface area contributed by atoms with Crippen LogP contribution < -0.4 is 0 Å². The largest absolute Gasteiger partial charge is 0.457 e. The standard InChI is InChI=1S/C19H24O4S/c1-12-2-3-16(24-12)15(20)10-23-17(21)9-18-5-13-4-14(6-18)8-19(22,7-13)11-18/h2-3,13-14,22H,4-11H2,1H3. The maximum absolute atomic E-state index is 12.3. The molecule has 4 saturated carbocycles. The Balaban J connectivity index is 1.35. The van der Waals surface area contributed by atoms with Crippen molar-refractivity contribution in [3.05, 3.63) is 21.9 Å². The third-order valence-electron chi connectivity index (χ3n) is 6.05. The molecule has 4 bridgehead atoms. The van der Waals surface area contributed by atoms with Crippen molar-refractivity contribution in [1.82, 2.24) is 0 Å². The monoisotopic (exact) mass is 348 g/mol. The minimum absolute atomic E-state index is 0.0987. The van der Waals surface area contributed by atoms with Gasteiger partial charge in [0.05, 0.1) is 16.9 Å². The van der Waals surface area contributed by atoms with Crippen LogP contribution in [-0.2, 0) is 9.53 Å². The molecule has 4 fully saturated rings. The summed E-state index contributed by atoms with van der Waals surface area (Å²) in [5.41, 5.74) is -0.660. The number of aryl methyl sites for hydroxylation is 1. The SMILES string of the molecule is Cc1ccc(C(=O)COC(=O)CC23CC4CC(CC(O)(C4)C2)C3)s1. The average Bonchev–Trinajstić information content (AvgIpc) is 2.88. The van der Waals surface area contributed by atoms with Crippen molar-refractivity contribution in [2.45, 2.75) is 57.5 Å². The molecule has 1 N–H and O–H groups in total. The summed E-state index contributed by atoms with van der Waals surface area (Å²) in [4.78, 5) is 26.1. The van der Waals surface area contributed by atoms with E-state index in [1.807, 2.05) is 13.0 Å². The molecule has 1 heterocycles. The van der Waals surface area contributed by atoms with Gasteiger partial charge in [-0.2, -0.15) is 0 Å². The number of esters is 1. The molecule has 5 rings (SSSR count). The van der Waals surface area contributed by atoms with Crippen LogP contribution in [0.15, 0.2) is 12.1 Å². The third kappa shape index (κ3) is 3.04.